The van der Waals surface area contributed by atoms with Gasteiger partial charge in [0.15, 0.2) is 6.10 Å². The maximum absolute atomic E-state index is 12.6. The first kappa shape index (κ1) is 56.9. The molecule has 0 saturated carbocycles. The SMILES string of the molecule is CCCCC/C=C/C/C=C/C/C=C/C/C=C/CCCCCC(=O)OC[C@H](COP(=O)(O)OC[C@@H](O)CO)OC(=O)CCCCCCCCCCCCCCCCCCC. The van der Waals surface area contributed by atoms with E-state index in [1.165, 1.54) is 109 Å². The predicted octanol–water partition coefficient (Wildman–Crippen LogP) is 12.9. The minimum atomic E-state index is -4.63. The first-order valence-corrected chi connectivity index (χ1v) is 25.1. The number of phosphoric ester groups is 1. The number of aliphatic hydroxyl groups excluding tert-OH is 2. The van der Waals surface area contributed by atoms with E-state index >= 15 is 0 Å². The maximum atomic E-state index is 12.6. The Labute approximate surface area is 360 Å². The van der Waals surface area contributed by atoms with Crippen molar-refractivity contribution in [3.8, 4) is 0 Å². The summed E-state index contributed by atoms with van der Waals surface area (Å²) in [4.78, 5) is 35.1. The summed E-state index contributed by atoms with van der Waals surface area (Å²) >= 11 is 0. The van der Waals surface area contributed by atoms with Crippen molar-refractivity contribution in [3.05, 3.63) is 48.6 Å². The van der Waals surface area contributed by atoms with Gasteiger partial charge in [-0.2, -0.15) is 0 Å². The van der Waals surface area contributed by atoms with Crippen LogP contribution in [0.1, 0.15) is 206 Å². The lowest BCUT2D eigenvalue weighted by Gasteiger charge is -2.20. The normalized spacial score (nSPS) is 14.2. The van der Waals surface area contributed by atoms with Gasteiger partial charge in [-0.1, -0.05) is 184 Å². The lowest BCUT2D eigenvalue weighted by Crippen LogP contribution is -2.29. The van der Waals surface area contributed by atoms with Gasteiger partial charge in [-0.25, -0.2) is 4.57 Å². The third-order valence-corrected chi connectivity index (χ3v) is 10.9. The smallest absolute Gasteiger partial charge is 0.462 e. The van der Waals surface area contributed by atoms with Gasteiger partial charge in [0, 0.05) is 12.8 Å². The second-order valence-electron chi connectivity index (χ2n) is 15.8. The lowest BCUT2D eigenvalue weighted by atomic mass is 10.0. The Morgan fingerprint density at radius 1 is 0.508 bits per heavy atom. The highest BCUT2D eigenvalue weighted by Crippen LogP contribution is 2.43. The Kier molecular flexibility index (Phi) is 42.5. The van der Waals surface area contributed by atoms with Gasteiger partial charge >= 0.3 is 19.8 Å². The van der Waals surface area contributed by atoms with Gasteiger partial charge in [-0.05, 0) is 57.8 Å². The van der Waals surface area contributed by atoms with Crippen molar-refractivity contribution in [3.63, 3.8) is 0 Å². The van der Waals surface area contributed by atoms with Crippen molar-refractivity contribution in [2.24, 2.45) is 0 Å². The fraction of sp³-hybridized carbons (Fsp3) is 0.792. The number of aliphatic hydroxyl groups is 2. The van der Waals surface area contributed by atoms with Crippen LogP contribution >= 0.6 is 7.82 Å². The van der Waals surface area contributed by atoms with E-state index in [2.05, 4.69) is 62.5 Å². The maximum Gasteiger partial charge on any atom is 0.472 e. The van der Waals surface area contributed by atoms with E-state index in [1.54, 1.807) is 0 Å². The van der Waals surface area contributed by atoms with Gasteiger partial charge in [-0.15, -0.1) is 0 Å². The van der Waals surface area contributed by atoms with Crippen LogP contribution in [0, 0.1) is 0 Å². The molecule has 11 heteroatoms. The number of carbonyl (C=O) groups excluding carboxylic acids is 2. The number of unbranched alkanes of at least 4 members (excludes halogenated alkanes) is 22. The number of phosphoric acid groups is 1. The first-order valence-electron chi connectivity index (χ1n) is 23.6. The molecule has 59 heavy (non-hydrogen) atoms. The minimum Gasteiger partial charge on any atom is -0.462 e. The third kappa shape index (κ3) is 43.8. The average molecular weight is 855 g/mol. The van der Waals surface area contributed by atoms with Crippen LogP contribution in [-0.4, -0.2) is 65.7 Å². The van der Waals surface area contributed by atoms with E-state index in [-0.39, 0.29) is 19.4 Å². The molecule has 0 aliphatic heterocycles. The molecule has 10 nitrogen and oxygen atoms in total. The highest BCUT2D eigenvalue weighted by Gasteiger charge is 2.27. The van der Waals surface area contributed by atoms with Gasteiger partial charge in [-0.3, -0.25) is 18.6 Å². The van der Waals surface area contributed by atoms with Gasteiger partial charge in [0.2, 0.25) is 0 Å². The molecule has 0 aromatic rings. The predicted molar refractivity (Wildman–Crippen MR) is 242 cm³/mol. The molecule has 3 N–H and O–H groups in total. The standard InChI is InChI=1S/C48H87O10P/c1-3-5-7-9-11-13-15-17-19-21-22-24-25-27-29-31-33-35-37-39-47(51)55-43-46(44-57-59(53,54)56-42-45(50)41-49)58-48(52)40-38-36-34-32-30-28-26-23-20-18-16-14-12-10-8-6-4-2/h11,13,17,19,22,24,27,29,45-46,49-50H,3-10,12,14-16,18,20-21,23,25-26,28,30-44H2,1-2H3,(H,53,54)/b13-11+,19-17+,24-22+,29-27+/t45-,46+/m0/s1. The van der Waals surface area contributed by atoms with Crippen LogP contribution in [0.3, 0.4) is 0 Å². The molecule has 0 aromatic carbocycles. The van der Waals surface area contributed by atoms with Crippen LogP contribution in [0.4, 0.5) is 0 Å². The second-order valence-corrected chi connectivity index (χ2v) is 17.2. The van der Waals surface area contributed by atoms with Crippen molar-refractivity contribution in [1.82, 2.24) is 0 Å². The number of rotatable bonds is 44. The molecule has 0 bridgehead atoms. The zero-order valence-corrected chi connectivity index (χ0v) is 38.4. The van der Waals surface area contributed by atoms with Crippen LogP contribution in [0.15, 0.2) is 48.6 Å². The zero-order chi connectivity index (χ0) is 43.3. The monoisotopic (exact) mass is 855 g/mol. The molecule has 0 fully saturated rings. The van der Waals surface area contributed by atoms with E-state index < -0.39 is 51.8 Å². The number of carbonyl (C=O) groups is 2. The van der Waals surface area contributed by atoms with Gasteiger partial charge in [0.05, 0.1) is 19.8 Å². The largest absolute Gasteiger partial charge is 0.472 e. The number of hydrogen-bond donors (Lipinski definition) is 3. The Morgan fingerprint density at radius 3 is 1.36 bits per heavy atom. The summed E-state index contributed by atoms with van der Waals surface area (Å²) in [5.74, 6) is -0.955. The van der Waals surface area contributed by atoms with E-state index in [4.69, 9.17) is 23.6 Å². The summed E-state index contributed by atoms with van der Waals surface area (Å²) in [5, 5.41) is 18.4. The average Bonchev–Trinajstić information content (AvgIpc) is 3.22. The molecule has 0 amide bonds. The summed E-state index contributed by atoms with van der Waals surface area (Å²) < 4.78 is 32.8. The Morgan fingerprint density at radius 2 is 0.881 bits per heavy atom. The molecular weight excluding hydrogens is 767 g/mol. The fourth-order valence-electron chi connectivity index (χ4n) is 6.33. The molecular formula is C48H87O10P. The zero-order valence-electron chi connectivity index (χ0n) is 37.5. The van der Waals surface area contributed by atoms with Crippen LogP contribution in [0.5, 0.6) is 0 Å². The van der Waals surface area contributed by atoms with E-state index in [0.717, 1.165) is 57.8 Å². The molecule has 0 spiro atoms. The summed E-state index contributed by atoms with van der Waals surface area (Å²) in [6, 6.07) is 0. The van der Waals surface area contributed by atoms with E-state index in [9.17, 15) is 24.2 Å². The van der Waals surface area contributed by atoms with Gasteiger partial charge in [0.25, 0.3) is 0 Å². The van der Waals surface area contributed by atoms with Crippen molar-refractivity contribution >= 4 is 19.8 Å². The van der Waals surface area contributed by atoms with Crippen molar-refractivity contribution in [1.29, 1.82) is 0 Å². The summed E-state index contributed by atoms with van der Waals surface area (Å²) in [7, 11) is -4.63. The molecule has 0 heterocycles. The Hall–Kier alpha value is -2.07. The summed E-state index contributed by atoms with van der Waals surface area (Å²) in [6.07, 6.45) is 47.9. The molecule has 0 radical (unpaired) electrons. The molecule has 0 aliphatic carbocycles. The minimum absolute atomic E-state index is 0.179. The number of ether oxygens (including phenoxy) is 2. The number of esters is 2. The molecule has 0 aliphatic rings. The third-order valence-electron chi connectivity index (χ3n) is 9.99. The topological polar surface area (TPSA) is 149 Å². The lowest BCUT2D eigenvalue weighted by molar-refractivity contribution is -0.161. The van der Waals surface area contributed by atoms with Crippen molar-refractivity contribution < 1.29 is 47.8 Å². The van der Waals surface area contributed by atoms with Crippen molar-refractivity contribution in [2.45, 2.75) is 219 Å². The highest BCUT2D eigenvalue weighted by atomic mass is 31.2. The highest BCUT2D eigenvalue weighted by molar-refractivity contribution is 7.47. The number of allylic oxidation sites excluding steroid dienone is 8. The quantitative estimate of drug-likeness (QED) is 0.0234. The molecule has 344 valence electrons. The van der Waals surface area contributed by atoms with Gasteiger partial charge in [0.1, 0.15) is 12.7 Å². The second kappa shape index (κ2) is 44.0. The van der Waals surface area contributed by atoms with Crippen molar-refractivity contribution in [2.75, 3.05) is 26.4 Å². The van der Waals surface area contributed by atoms with Crippen LogP contribution in [-0.2, 0) is 32.7 Å². The number of hydrogen-bond acceptors (Lipinski definition) is 9. The molecule has 0 aromatic heterocycles. The summed E-state index contributed by atoms with van der Waals surface area (Å²) in [6.45, 7) is 2.34. The molecule has 0 saturated heterocycles. The van der Waals surface area contributed by atoms with Crippen LogP contribution < -0.4 is 0 Å². The van der Waals surface area contributed by atoms with Gasteiger partial charge < -0.3 is 24.6 Å². The Balaban J connectivity index is 4.30. The van der Waals surface area contributed by atoms with Crippen LogP contribution in [0.25, 0.3) is 0 Å². The first-order chi connectivity index (χ1) is 28.7. The Bertz CT molecular complexity index is 1120. The molecule has 1 unspecified atom stereocenters. The fourth-order valence-corrected chi connectivity index (χ4v) is 7.12. The molecule has 0 rings (SSSR count). The van der Waals surface area contributed by atoms with Crippen LogP contribution in [0.2, 0.25) is 0 Å². The summed E-state index contributed by atoms with van der Waals surface area (Å²) in [5.41, 5.74) is 0. The molecule has 3 atom stereocenters. The van der Waals surface area contributed by atoms with E-state index in [0.29, 0.717) is 12.8 Å². The van der Waals surface area contributed by atoms with E-state index in [1.807, 2.05) is 0 Å².